The number of nitro groups is 1. The van der Waals surface area contributed by atoms with Gasteiger partial charge in [0.25, 0.3) is 5.69 Å². The van der Waals surface area contributed by atoms with Crippen LogP contribution in [-0.4, -0.2) is 16.9 Å². The number of hydrogen-bond acceptors (Lipinski definition) is 5. The fourth-order valence-corrected chi connectivity index (χ4v) is 2.06. The zero-order valence-electron chi connectivity index (χ0n) is 12.7. The Morgan fingerprint density at radius 1 is 1.32 bits per heavy atom. The number of carbonyl (C=O) groups excluding carboxylic acids is 1. The average molecular weight is 305 g/mol. The molecule has 7 nitrogen and oxygen atoms in total. The van der Waals surface area contributed by atoms with Crippen LogP contribution in [0.15, 0.2) is 28.7 Å². The van der Waals surface area contributed by atoms with Crippen LogP contribution >= 0.6 is 0 Å². The number of furan rings is 1. The molecule has 1 amide bonds. The van der Waals surface area contributed by atoms with Crippen molar-refractivity contribution in [2.75, 3.05) is 0 Å². The van der Waals surface area contributed by atoms with Crippen molar-refractivity contribution >= 4 is 22.6 Å². The van der Waals surface area contributed by atoms with Gasteiger partial charge in [-0.25, -0.2) is 0 Å². The Morgan fingerprint density at radius 2 is 2.00 bits per heavy atom. The van der Waals surface area contributed by atoms with Gasteiger partial charge in [0.1, 0.15) is 11.3 Å². The minimum atomic E-state index is -0.590. The first-order valence-corrected chi connectivity index (χ1v) is 7.03. The molecule has 0 aliphatic rings. The zero-order chi connectivity index (χ0) is 16.4. The van der Waals surface area contributed by atoms with Gasteiger partial charge >= 0.3 is 0 Å². The third-order valence-corrected chi connectivity index (χ3v) is 3.54. The maximum atomic E-state index is 12.0. The lowest BCUT2D eigenvalue weighted by molar-refractivity contribution is -0.384. The summed E-state index contributed by atoms with van der Waals surface area (Å²) in [7, 11) is 0. The van der Waals surface area contributed by atoms with Gasteiger partial charge in [0.05, 0.1) is 17.0 Å². The van der Waals surface area contributed by atoms with Gasteiger partial charge in [0, 0.05) is 17.5 Å². The van der Waals surface area contributed by atoms with Crippen LogP contribution in [0.4, 0.5) is 5.69 Å². The monoisotopic (exact) mass is 305 g/mol. The number of hydrogen-bond donors (Lipinski definition) is 2. The summed E-state index contributed by atoms with van der Waals surface area (Å²) in [5.74, 6) is 0.305. The summed E-state index contributed by atoms with van der Waals surface area (Å²) in [6.07, 6.45) is 0. The number of nitrogens with one attached hydrogen (secondary N) is 1. The number of benzene rings is 1. The molecule has 7 heteroatoms. The van der Waals surface area contributed by atoms with Gasteiger partial charge in [-0.15, -0.1) is 0 Å². The van der Waals surface area contributed by atoms with Crippen molar-refractivity contribution in [2.45, 2.75) is 32.9 Å². The van der Waals surface area contributed by atoms with Gasteiger partial charge in [0.2, 0.25) is 5.91 Å². The predicted octanol–water partition coefficient (Wildman–Crippen LogP) is 2.50. The van der Waals surface area contributed by atoms with E-state index in [0.29, 0.717) is 16.7 Å². The first-order valence-electron chi connectivity index (χ1n) is 7.03. The smallest absolute Gasteiger partial charge is 0.270 e. The number of nitrogens with two attached hydrogens (primary N) is 1. The molecule has 2 atom stereocenters. The Kier molecular flexibility index (Phi) is 4.46. The van der Waals surface area contributed by atoms with E-state index in [1.807, 2.05) is 13.8 Å². The fourth-order valence-electron chi connectivity index (χ4n) is 2.06. The van der Waals surface area contributed by atoms with Crippen LogP contribution in [-0.2, 0) is 4.79 Å². The Bertz CT molecular complexity index is 708. The Hall–Kier alpha value is -2.41. The highest BCUT2D eigenvalue weighted by molar-refractivity contribution is 5.83. The van der Waals surface area contributed by atoms with E-state index in [0.717, 1.165) is 0 Å². The second-order valence-electron chi connectivity index (χ2n) is 5.63. The van der Waals surface area contributed by atoms with Gasteiger partial charge in [-0.3, -0.25) is 14.9 Å². The highest BCUT2D eigenvalue weighted by Crippen LogP contribution is 2.27. The molecule has 1 heterocycles. The van der Waals surface area contributed by atoms with Crippen molar-refractivity contribution < 1.29 is 14.1 Å². The highest BCUT2D eigenvalue weighted by Gasteiger charge is 2.21. The molecule has 0 aliphatic carbocycles. The minimum absolute atomic E-state index is 0.00151. The molecule has 0 bridgehead atoms. The van der Waals surface area contributed by atoms with Crippen LogP contribution in [0.1, 0.15) is 32.6 Å². The SMILES string of the molecule is CC(NC(=O)C(N)C(C)C)c1cc2cc([N+](=O)[O-])ccc2o1. The highest BCUT2D eigenvalue weighted by atomic mass is 16.6. The molecule has 0 fully saturated rings. The zero-order valence-corrected chi connectivity index (χ0v) is 12.7. The van der Waals surface area contributed by atoms with E-state index in [1.165, 1.54) is 12.1 Å². The second kappa shape index (κ2) is 6.15. The van der Waals surface area contributed by atoms with E-state index >= 15 is 0 Å². The third kappa shape index (κ3) is 3.25. The van der Waals surface area contributed by atoms with Gasteiger partial charge in [0.15, 0.2) is 0 Å². The lowest BCUT2D eigenvalue weighted by atomic mass is 10.0. The molecular weight excluding hydrogens is 286 g/mol. The van der Waals surface area contributed by atoms with E-state index in [1.54, 1.807) is 19.1 Å². The number of fused-ring (bicyclic) bond motifs is 1. The summed E-state index contributed by atoms with van der Waals surface area (Å²) >= 11 is 0. The van der Waals surface area contributed by atoms with Crippen molar-refractivity contribution in [3.8, 4) is 0 Å². The maximum Gasteiger partial charge on any atom is 0.270 e. The summed E-state index contributed by atoms with van der Waals surface area (Å²) in [5.41, 5.74) is 6.33. The Morgan fingerprint density at radius 3 is 2.59 bits per heavy atom. The van der Waals surface area contributed by atoms with Crippen LogP contribution in [0.3, 0.4) is 0 Å². The molecule has 0 saturated carbocycles. The third-order valence-electron chi connectivity index (χ3n) is 3.54. The molecule has 2 rings (SSSR count). The van der Waals surface area contributed by atoms with Crippen LogP contribution in [0.2, 0.25) is 0 Å². The number of nitro benzene ring substituents is 1. The fraction of sp³-hybridized carbons (Fsp3) is 0.400. The first-order chi connectivity index (χ1) is 10.3. The number of non-ortho nitro benzene ring substituents is 1. The van der Waals surface area contributed by atoms with E-state index in [9.17, 15) is 14.9 Å². The van der Waals surface area contributed by atoms with Crippen LogP contribution in [0.5, 0.6) is 0 Å². The van der Waals surface area contributed by atoms with Gasteiger partial charge in [-0.05, 0) is 25.0 Å². The lowest BCUT2D eigenvalue weighted by Crippen LogP contribution is -2.44. The molecule has 2 unspecified atom stereocenters. The molecule has 118 valence electrons. The van der Waals surface area contributed by atoms with Crippen LogP contribution in [0, 0.1) is 16.0 Å². The van der Waals surface area contributed by atoms with Crippen LogP contribution in [0.25, 0.3) is 11.0 Å². The minimum Gasteiger partial charge on any atom is -0.459 e. The van der Waals surface area contributed by atoms with Crippen molar-refractivity contribution in [3.63, 3.8) is 0 Å². The molecule has 3 N–H and O–H groups in total. The summed E-state index contributed by atoms with van der Waals surface area (Å²) < 4.78 is 5.63. The molecule has 22 heavy (non-hydrogen) atoms. The first kappa shape index (κ1) is 16.0. The molecule has 0 aliphatic heterocycles. The summed E-state index contributed by atoms with van der Waals surface area (Å²) in [4.78, 5) is 22.3. The van der Waals surface area contributed by atoms with E-state index in [2.05, 4.69) is 5.32 Å². The van der Waals surface area contributed by atoms with Crippen molar-refractivity contribution in [1.29, 1.82) is 0 Å². The van der Waals surface area contributed by atoms with Gasteiger partial charge < -0.3 is 15.5 Å². The topological polar surface area (TPSA) is 111 Å². The number of carbonyl (C=O) groups is 1. The van der Waals surface area contributed by atoms with Crippen molar-refractivity contribution in [3.05, 3.63) is 40.1 Å². The number of rotatable bonds is 5. The van der Waals surface area contributed by atoms with Gasteiger partial charge in [-0.2, -0.15) is 0 Å². The predicted molar refractivity (Wildman–Crippen MR) is 82.2 cm³/mol. The quantitative estimate of drug-likeness (QED) is 0.651. The lowest BCUT2D eigenvalue weighted by Gasteiger charge is -2.18. The normalized spacial score (nSPS) is 14.0. The van der Waals surface area contributed by atoms with E-state index < -0.39 is 11.0 Å². The summed E-state index contributed by atoms with van der Waals surface area (Å²) in [6.45, 7) is 5.52. The second-order valence-corrected chi connectivity index (χ2v) is 5.63. The van der Waals surface area contributed by atoms with E-state index in [-0.39, 0.29) is 23.6 Å². The average Bonchev–Trinajstić information content (AvgIpc) is 2.88. The molecule has 0 radical (unpaired) electrons. The molecule has 1 aromatic carbocycles. The van der Waals surface area contributed by atoms with E-state index in [4.69, 9.17) is 10.2 Å². The summed E-state index contributed by atoms with van der Waals surface area (Å²) in [6, 6.07) is 5.10. The van der Waals surface area contributed by atoms with Crippen LogP contribution < -0.4 is 11.1 Å². The molecule has 0 spiro atoms. The standard InChI is InChI=1S/C15H19N3O4/c1-8(2)14(16)15(19)17-9(3)13-7-10-6-11(18(20)21)4-5-12(10)22-13/h4-9,14H,16H2,1-3H3,(H,17,19). The summed E-state index contributed by atoms with van der Waals surface area (Å²) in [5, 5.41) is 14.2. The van der Waals surface area contributed by atoms with Crippen molar-refractivity contribution in [1.82, 2.24) is 5.32 Å². The molecule has 0 saturated heterocycles. The van der Waals surface area contributed by atoms with Crippen molar-refractivity contribution in [2.24, 2.45) is 11.7 Å². The number of nitrogens with zero attached hydrogens (tertiary/aromatic N) is 1. The molecule has 1 aromatic heterocycles. The largest absolute Gasteiger partial charge is 0.459 e. The Labute approximate surface area is 127 Å². The number of amides is 1. The molecular formula is C15H19N3O4. The Balaban J connectivity index is 2.20. The van der Waals surface area contributed by atoms with Gasteiger partial charge in [-0.1, -0.05) is 13.8 Å². The molecule has 2 aromatic rings. The maximum absolute atomic E-state index is 12.0.